The Hall–Kier alpha value is -4.26. The molecular formula is C32H27FN2O2S. The molecule has 0 aliphatic heterocycles. The Balaban J connectivity index is 2.06. The first-order chi connectivity index (χ1) is 18.2. The van der Waals surface area contributed by atoms with Gasteiger partial charge in [-0.1, -0.05) is 59.8 Å². The molecular weight excluding hydrogens is 495 g/mol. The van der Waals surface area contributed by atoms with E-state index in [1.165, 1.54) is 0 Å². The lowest BCUT2D eigenvalue weighted by molar-refractivity contribution is 0.397. The lowest BCUT2D eigenvalue weighted by atomic mass is 10.0. The molecule has 0 radical (unpaired) electrons. The molecule has 0 aliphatic carbocycles. The number of hydrogen-bond donors (Lipinski definition) is 0. The van der Waals surface area contributed by atoms with Gasteiger partial charge in [0.2, 0.25) is 0 Å². The van der Waals surface area contributed by atoms with Gasteiger partial charge in [-0.15, -0.1) is 0 Å². The van der Waals surface area contributed by atoms with Crippen LogP contribution in [-0.4, -0.2) is 0 Å². The first kappa shape index (κ1) is 26.8. The molecule has 0 heterocycles. The van der Waals surface area contributed by atoms with Gasteiger partial charge in [-0.2, -0.15) is 10.5 Å². The molecule has 190 valence electrons. The van der Waals surface area contributed by atoms with E-state index in [-0.39, 0.29) is 27.5 Å². The molecule has 0 N–H and O–H groups in total. The quantitative estimate of drug-likeness (QED) is 0.253. The number of aryl methyl sites for hydroxylation is 5. The maximum Gasteiger partial charge on any atom is 0.190 e. The summed E-state index contributed by atoms with van der Waals surface area (Å²) < 4.78 is 28.9. The summed E-state index contributed by atoms with van der Waals surface area (Å²) in [6, 6.07) is 21.0. The summed E-state index contributed by atoms with van der Waals surface area (Å²) in [5.74, 6) is 0.276. The third-order valence-corrected chi connectivity index (χ3v) is 7.70. The van der Waals surface area contributed by atoms with E-state index in [2.05, 4.69) is 0 Å². The van der Waals surface area contributed by atoms with Crippen LogP contribution in [0.15, 0.2) is 64.4 Å². The van der Waals surface area contributed by atoms with Gasteiger partial charge in [-0.25, -0.2) is 4.39 Å². The van der Waals surface area contributed by atoms with E-state index in [1.807, 2.05) is 102 Å². The maximum absolute atomic E-state index is 16.1. The fourth-order valence-electron chi connectivity index (χ4n) is 4.14. The highest BCUT2D eigenvalue weighted by molar-refractivity contribution is 7.99. The molecule has 0 fully saturated rings. The summed E-state index contributed by atoms with van der Waals surface area (Å²) in [6.45, 7) is 11.6. The second kappa shape index (κ2) is 11.0. The first-order valence-corrected chi connectivity index (χ1v) is 12.9. The molecule has 38 heavy (non-hydrogen) atoms. The fourth-order valence-corrected chi connectivity index (χ4v) is 5.13. The van der Waals surface area contributed by atoms with Gasteiger partial charge in [0.15, 0.2) is 17.3 Å². The van der Waals surface area contributed by atoms with Gasteiger partial charge in [0.25, 0.3) is 0 Å². The van der Waals surface area contributed by atoms with Gasteiger partial charge < -0.3 is 9.47 Å². The van der Waals surface area contributed by atoms with Gasteiger partial charge in [0, 0.05) is 4.90 Å². The molecule has 0 aliphatic rings. The number of nitriles is 2. The van der Waals surface area contributed by atoms with Crippen molar-refractivity contribution in [3.8, 4) is 35.1 Å². The Morgan fingerprint density at radius 2 is 1.37 bits per heavy atom. The van der Waals surface area contributed by atoms with Gasteiger partial charge >= 0.3 is 0 Å². The molecule has 0 saturated heterocycles. The molecule has 4 nitrogen and oxygen atoms in total. The van der Waals surface area contributed by atoms with E-state index < -0.39 is 5.82 Å². The van der Waals surface area contributed by atoms with Crippen LogP contribution in [-0.2, 0) is 0 Å². The Morgan fingerprint density at radius 3 is 2.03 bits per heavy atom. The van der Waals surface area contributed by atoms with Crippen LogP contribution in [0.4, 0.5) is 4.39 Å². The largest absolute Gasteiger partial charge is 0.452 e. The minimum atomic E-state index is -0.817. The summed E-state index contributed by atoms with van der Waals surface area (Å²) in [5, 5.41) is 20.1. The topological polar surface area (TPSA) is 66.0 Å². The molecule has 4 aromatic carbocycles. The number of ether oxygens (including phenoxy) is 2. The summed E-state index contributed by atoms with van der Waals surface area (Å²) in [5.41, 5.74) is 4.98. The van der Waals surface area contributed by atoms with Crippen molar-refractivity contribution in [1.82, 2.24) is 0 Å². The van der Waals surface area contributed by atoms with Crippen molar-refractivity contribution >= 4 is 11.8 Å². The Bertz CT molecular complexity index is 1650. The monoisotopic (exact) mass is 522 g/mol. The lowest BCUT2D eigenvalue weighted by Gasteiger charge is -2.22. The zero-order valence-corrected chi connectivity index (χ0v) is 23.0. The fraction of sp³-hybridized carbons (Fsp3) is 0.188. The number of rotatable bonds is 6. The predicted octanol–water partition coefficient (Wildman–Crippen LogP) is 9.16. The molecule has 4 rings (SSSR count). The second-order valence-corrected chi connectivity index (χ2v) is 10.3. The standard InChI is InChI=1S/C32H27FN2O2S/c1-18-11-14-27(22(5)15-18)38-32-28(33)24(16-34)25(17-35)30(31(32)36-26-10-8-7-9-20(26)3)37-29-21(4)13-12-19(2)23(29)6/h7-15H,1-6H3. The number of nitrogens with zero attached hydrogens (tertiary/aromatic N) is 2. The highest BCUT2D eigenvalue weighted by atomic mass is 32.2. The Morgan fingerprint density at radius 1 is 0.684 bits per heavy atom. The molecule has 0 bridgehead atoms. The van der Waals surface area contributed by atoms with E-state index in [0.29, 0.717) is 11.5 Å². The maximum atomic E-state index is 16.1. The summed E-state index contributed by atoms with van der Waals surface area (Å²) >= 11 is 1.15. The number of halogens is 1. The minimum Gasteiger partial charge on any atom is -0.452 e. The van der Waals surface area contributed by atoms with E-state index >= 15 is 4.39 Å². The highest BCUT2D eigenvalue weighted by Crippen LogP contribution is 2.51. The summed E-state index contributed by atoms with van der Waals surface area (Å²) in [7, 11) is 0. The smallest absolute Gasteiger partial charge is 0.190 e. The van der Waals surface area contributed by atoms with Crippen molar-refractivity contribution in [2.45, 2.75) is 51.3 Å². The van der Waals surface area contributed by atoms with Gasteiger partial charge in [-0.05, 0) is 81.5 Å². The number of para-hydroxylation sites is 1. The molecule has 0 unspecified atom stereocenters. The molecule has 4 aromatic rings. The third kappa shape index (κ3) is 5.09. The minimum absolute atomic E-state index is 0.0118. The van der Waals surface area contributed by atoms with Gasteiger partial charge in [0.05, 0.1) is 4.90 Å². The van der Waals surface area contributed by atoms with E-state index in [9.17, 15) is 10.5 Å². The Labute approximate surface area is 227 Å². The van der Waals surface area contributed by atoms with Crippen LogP contribution in [0.5, 0.6) is 23.0 Å². The second-order valence-electron chi connectivity index (χ2n) is 9.27. The van der Waals surface area contributed by atoms with E-state index in [1.54, 1.807) is 6.07 Å². The van der Waals surface area contributed by atoms with Crippen LogP contribution in [0.25, 0.3) is 0 Å². The third-order valence-electron chi connectivity index (χ3n) is 6.46. The SMILES string of the molecule is Cc1ccc(Sc2c(F)c(C#N)c(C#N)c(Oc3c(C)ccc(C)c3C)c2Oc2ccccc2C)c(C)c1. The molecule has 0 spiro atoms. The van der Waals surface area contributed by atoms with Gasteiger partial charge in [0.1, 0.15) is 34.8 Å². The zero-order valence-electron chi connectivity index (χ0n) is 22.2. The van der Waals surface area contributed by atoms with Crippen LogP contribution in [0.2, 0.25) is 0 Å². The highest BCUT2D eigenvalue weighted by Gasteiger charge is 2.30. The Kier molecular flexibility index (Phi) is 7.76. The van der Waals surface area contributed by atoms with E-state index in [4.69, 9.17) is 9.47 Å². The van der Waals surface area contributed by atoms with Crippen molar-refractivity contribution < 1.29 is 13.9 Å². The first-order valence-electron chi connectivity index (χ1n) is 12.1. The van der Waals surface area contributed by atoms with Crippen molar-refractivity contribution in [1.29, 1.82) is 10.5 Å². The van der Waals surface area contributed by atoms with E-state index in [0.717, 1.165) is 50.0 Å². The van der Waals surface area contributed by atoms with Crippen molar-refractivity contribution in [3.05, 3.63) is 105 Å². The number of benzene rings is 4. The van der Waals surface area contributed by atoms with Crippen LogP contribution in [0.3, 0.4) is 0 Å². The van der Waals surface area contributed by atoms with Crippen molar-refractivity contribution in [3.63, 3.8) is 0 Å². The van der Waals surface area contributed by atoms with Crippen LogP contribution < -0.4 is 9.47 Å². The van der Waals surface area contributed by atoms with Crippen LogP contribution in [0.1, 0.15) is 44.5 Å². The average Bonchev–Trinajstić information content (AvgIpc) is 2.89. The number of hydrogen-bond acceptors (Lipinski definition) is 5. The molecule has 6 heteroatoms. The zero-order chi connectivity index (χ0) is 27.6. The average molecular weight is 523 g/mol. The normalized spacial score (nSPS) is 10.6. The van der Waals surface area contributed by atoms with Gasteiger partial charge in [-0.3, -0.25) is 0 Å². The summed E-state index contributed by atoms with van der Waals surface area (Å²) in [4.78, 5) is 0.875. The molecule has 0 aromatic heterocycles. The van der Waals surface area contributed by atoms with Crippen molar-refractivity contribution in [2.24, 2.45) is 0 Å². The van der Waals surface area contributed by atoms with Crippen LogP contribution >= 0.6 is 11.8 Å². The molecule has 0 saturated carbocycles. The molecule has 0 atom stereocenters. The summed E-state index contributed by atoms with van der Waals surface area (Å²) in [6.07, 6.45) is 0. The van der Waals surface area contributed by atoms with Crippen LogP contribution in [0, 0.1) is 70.0 Å². The predicted molar refractivity (Wildman–Crippen MR) is 148 cm³/mol. The lowest BCUT2D eigenvalue weighted by Crippen LogP contribution is -2.04. The van der Waals surface area contributed by atoms with Crippen molar-refractivity contribution in [2.75, 3.05) is 0 Å². The molecule has 0 amide bonds.